The van der Waals surface area contributed by atoms with Gasteiger partial charge in [-0.15, -0.1) is 0 Å². The van der Waals surface area contributed by atoms with Crippen LogP contribution >= 0.6 is 0 Å². The lowest BCUT2D eigenvalue weighted by Crippen LogP contribution is -2.45. The highest BCUT2D eigenvalue weighted by molar-refractivity contribution is 6.06. The fraction of sp³-hybridized carbons (Fsp3) is 0.200. The van der Waals surface area contributed by atoms with Crippen LogP contribution in [0.3, 0.4) is 0 Å². The zero-order valence-corrected chi connectivity index (χ0v) is 15.3. The zero-order valence-electron chi connectivity index (χ0n) is 15.3. The maximum atomic E-state index is 13.0. The summed E-state index contributed by atoms with van der Waals surface area (Å²) < 4.78 is 10.4. The first-order chi connectivity index (χ1) is 13.0. The van der Waals surface area contributed by atoms with Crippen LogP contribution in [0.4, 0.5) is 10.5 Å². The van der Waals surface area contributed by atoms with Gasteiger partial charge in [0.15, 0.2) is 0 Å². The van der Waals surface area contributed by atoms with Gasteiger partial charge in [0.25, 0.3) is 5.91 Å². The maximum absolute atomic E-state index is 13.0. The van der Waals surface area contributed by atoms with Gasteiger partial charge in [0.05, 0.1) is 25.8 Å². The lowest BCUT2D eigenvalue weighted by molar-refractivity contribution is -0.113. The highest BCUT2D eigenvalue weighted by Crippen LogP contribution is 2.29. The van der Waals surface area contributed by atoms with E-state index < -0.39 is 6.04 Å². The second kappa shape index (κ2) is 7.82. The molecule has 0 spiro atoms. The lowest BCUT2D eigenvalue weighted by atomic mass is 9.94. The van der Waals surface area contributed by atoms with Crippen LogP contribution in [-0.4, -0.2) is 26.2 Å². The predicted octanol–water partition coefficient (Wildman–Crippen LogP) is 2.97. The number of ether oxygens (including phenoxy) is 2. The monoisotopic (exact) mass is 367 g/mol. The summed E-state index contributed by atoms with van der Waals surface area (Å²) >= 11 is 0. The van der Waals surface area contributed by atoms with Gasteiger partial charge >= 0.3 is 6.03 Å². The molecule has 0 aromatic heterocycles. The number of allylic oxidation sites excluding steroid dienone is 1. The van der Waals surface area contributed by atoms with Crippen molar-refractivity contribution in [3.05, 3.63) is 65.4 Å². The minimum atomic E-state index is -0.574. The van der Waals surface area contributed by atoms with E-state index in [9.17, 15) is 9.59 Å². The molecule has 2 aromatic carbocycles. The number of anilines is 1. The standard InChI is InChI=1S/C20H21N3O4/c1-12-17(19(24)22-14-5-4-6-16(11-14)27-3)18(23-20(25)21-12)13-7-9-15(26-2)10-8-13/h4-11,18H,1-3H3,(H,22,24)(H2,21,23,25)/t18-/m0/s1. The Morgan fingerprint density at radius 1 is 1.04 bits per heavy atom. The van der Waals surface area contributed by atoms with Crippen LogP contribution in [0, 0.1) is 0 Å². The van der Waals surface area contributed by atoms with E-state index in [1.165, 1.54) is 0 Å². The van der Waals surface area contributed by atoms with E-state index in [0.29, 0.717) is 28.5 Å². The Labute approximate surface area is 157 Å². The highest BCUT2D eigenvalue weighted by atomic mass is 16.5. The molecule has 0 unspecified atom stereocenters. The van der Waals surface area contributed by atoms with E-state index in [0.717, 1.165) is 5.56 Å². The van der Waals surface area contributed by atoms with Gasteiger partial charge < -0.3 is 25.4 Å². The number of urea groups is 1. The van der Waals surface area contributed by atoms with Gasteiger partial charge in [-0.25, -0.2) is 4.79 Å². The molecule has 3 N–H and O–H groups in total. The van der Waals surface area contributed by atoms with Crippen molar-refractivity contribution in [1.29, 1.82) is 0 Å². The van der Waals surface area contributed by atoms with Gasteiger partial charge in [-0.1, -0.05) is 18.2 Å². The minimum Gasteiger partial charge on any atom is -0.497 e. The molecule has 7 nitrogen and oxygen atoms in total. The van der Waals surface area contributed by atoms with Crippen LogP contribution in [0.5, 0.6) is 11.5 Å². The fourth-order valence-corrected chi connectivity index (χ4v) is 2.94. The summed E-state index contributed by atoms with van der Waals surface area (Å²) in [5, 5.41) is 8.33. The molecule has 1 aliphatic heterocycles. The van der Waals surface area contributed by atoms with Crippen LogP contribution in [0.25, 0.3) is 0 Å². The van der Waals surface area contributed by atoms with E-state index in [4.69, 9.17) is 9.47 Å². The third kappa shape index (κ3) is 4.03. The minimum absolute atomic E-state index is 0.311. The van der Waals surface area contributed by atoms with Crippen molar-refractivity contribution in [3.8, 4) is 11.5 Å². The first kappa shape index (κ1) is 18.3. The molecule has 3 rings (SSSR count). The number of carbonyl (C=O) groups is 2. The number of nitrogens with one attached hydrogen (secondary N) is 3. The SMILES string of the molecule is COc1ccc([C@@H]2NC(=O)NC(C)=C2C(=O)Nc2cccc(OC)c2)cc1. The number of hydrogen-bond acceptors (Lipinski definition) is 4. The van der Waals surface area contributed by atoms with Crippen molar-refractivity contribution in [2.45, 2.75) is 13.0 Å². The van der Waals surface area contributed by atoms with E-state index in [2.05, 4.69) is 16.0 Å². The summed E-state index contributed by atoms with van der Waals surface area (Å²) in [6.07, 6.45) is 0. The first-order valence-electron chi connectivity index (χ1n) is 8.39. The summed E-state index contributed by atoms with van der Waals surface area (Å²) in [4.78, 5) is 24.9. The smallest absolute Gasteiger partial charge is 0.319 e. The van der Waals surface area contributed by atoms with Crippen molar-refractivity contribution >= 4 is 17.6 Å². The second-order valence-corrected chi connectivity index (χ2v) is 6.03. The highest BCUT2D eigenvalue weighted by Gasteiger charge is 2.31. The molecule has 2 aromatic rings. The third-order valence-corrected chi connectivity index (χ3v) is 4.29. The molecule has 27 heavy (non-hydrogen) atoms. The molecule has 0 radical (unpaired) electrons. The topological polar surface area (TPSA) is 88.7 Å². The molecule has 1 heterocycles. The number of amides is 3. The Balaban J connectivity index is 1.91. The van der Waals surface area contributed by atoms with E-state index in [-0.39, 0.29) is 11.9 Å². The lowest BCUT2D eigenvalue weighted by Gasteiger charge is -2.28. The number of methoxy groups -OCH3 is 2. The van der Waals surface area contributed by atoms with Gasteiger partial charge in [0.2, 0.25) is 0 Å². The number of hydrogen-bond donors (Lipinski definition) is 3. The molecule has 0 saturated carbocycles. The van der Waals surface area contributed by atoms with E-state index in [1.807, 2.05) is 12.1 Å². The van der Waals surface area contributed by atoms with E-state index >= 15 is 0 Å². The van der Waals surface area contributed by atoms with Crippen molar-refractivity contribution < 1.29 is 19.1 Å². The Bertz CT molecular complexity index is 890. The van der Waals surface area contributed by atoms with Gasteiger partial charge in [0, 0.05) is 17.5 Å². The average molecular weight is 367 g/mol. The fourth-order valence-electron chi connectivity index (χ4n) is 2.94. The molecular weight excluding hydrogens is 346 g/mol. The van der Waals surface area contributed by atoms with Crippen LogP contribution < -0.4 is 25.4 Å². The van der Waals surface area contributed by atoms with Crippen LogP contribution in [0.15, 0.2) is 59.8 Å². The molecule has 1 atom stereocenters. The van der Waals surface area contributed by atoms with Crippen LogP contribution in [-0.2, 0) is 4.79 Å². The van der Waals surface area contributed by atoms with Crippen molar-refractivity contribution in [3.63, 3.8) is 0 Å². The predicted molar refractivity (Wildman–Crippen MR) is 102 cm³/mol. The first-order valence-corrected chi connectivity index (χ1v) is 8.39. The third-order valence-electron chi connectivity index (χ3n) is 4.29. The summed E-state index contributed by atoms with van der Waals surface area (Å²) in [5.41, 5.74) is 2.31. The van der Waals surface area contributed by atoms with Gasteiger partial charge in [-0.3, -0.25) is 4.79 Å². The van der Waals surface area contributed by atoms with Gasteiger partial charge in [-0.2, -0.15) is 0 Å². The van der Waals surface area contributed by atoms with Crippen LogP contribution in [0.1, 0.15) is 18.5 Å². The van der Waals surface area contributed by atoms with Crippen molar-refractivity contribution in [1.82, 2.24) is 10.6 Å². The van der Waals surface area contributed by atoms with Crippen LogP contribution in [0.2, 0.25) is 0 Å². The summed E-state index contributed by atoms with van der Waals surface area (Å²) in [6.45, 7) is 1.70. The Morgan fingerprint density at radius 2 is 1.74 bits per heavy atom. The molecular formula is C20H21N3O4. The Morgan fingerprint density at radius 3 is 2.41 bits per heavy atom. The van der Waals surface area contributed by atoms with E-state index in [1.54, 1.807) is 57.5 Å². The molecule has 7 heteroatoms. The molecule has 0 saturated heterocycles. The molecule has 0 fully saturated rings. The average Bonchev–Trinajstić information content (AvgIpc) is 2.67. The molecule has 0 aliphatic carbocycles. The number of rotatable bonds is 5. The van der Waals surface area contributed by atoms with Gasteiger partial charge in [-0.05, 0) is 36.8 Å². The molecule has 1 aliphatic rings. The zero-order chi connectivity index (χ0) is 19.4. The normalized spacial score (nSPS) is 16.3. The van der Waals surface area contributed by atoms with Crippen molar-refractivity contribution in [2.24, 2.45) is 0 Å². The summed E-state index contributed by atoms with van der Waals surface area (Å²) in [7, 11) is 3.15. The Hall–Kier alpha value is -3.48. The molecule has 140 valence electrons. The molecule has 3 amide bonds. The number of carbonyl (C=O) groups excluding carboxylic acids is 2. The van der Waals surface area contributed by atoms with Crippen molar-refractivity contribution in [2.75, 3.05) is 19.5 Å². The number of benzene rings is 2. The largest absolute Gasteiger partial charge is 0.497 e. The quantitative estimate of drug-likeness (QED) is 0.758. The molecule has 0 bridgehead atoms. The summed E-state index contributed by atoms with van der Waals surface area (Å²) in [6, 6.07) is 13.4. The maximum Gasteiger partial charge on any atom is 0.319 e. The second-order valence-electron chi connectivity index (χ2n) is 6.03. The summed E-state index contributed by atoms with van der Waals surface area (Å²) in [5.74, 6) is 1.02. The van der Waals surface area contributed by atoms with Gasteiger partial charge in [0.1, 0.15) is 11.5 Å². The Kier molecular flexibility index (Phi) is 5.30.